The molecular weight excluding hydrogens is 268 g/mol. The van der Waals surface area contributed by atoms with E-state index in [9.17, 15) is 0 Å². The summed E-state index contributed by atoms with van der Waals surface area (Å²) in [4.78, 5) is 8.63. The third-order valence-corrected chi connectivity index (χ3v) is 3.85. The lowest BCUT2D eigenvalue weighted by Crippen LogP contribution is -2.13. The molecule has 0 saturated carbocycles. The molecule has 0 atom stereocenters. The minimum atomic E-state index is 0.529. The second-order valence-corrected chi connectivity index (χ2v) is 5.65. The quantitative estimate of drug-likeness (QED) is 0.682. The lowest BCUT2D eigenvalue weighted by molar-refractivity contribution is 0.511. The van der Waals surface area contributed by atoms with Crippen LogP contribution in [0.25, 0.3) is 0 Å². The summed E-state index contributed by atoms with van der Waals surface area (Å²) in [5.41, 5.74) is 3.83. The smallest absolute Gasteiger partial charge is 0.0589 e. The van der Waals surface area contributed by atoms with Crippen LogP contribution in [0.4, 0.5) is 0 Å². The Bertz CT molecular complexity index is 567. The summed E-state index contributed by atoms with van der Waals surface area (Å²) in [5, 5.41) is 0. The number of rotatable bonds is 6. The van der Waals surface area contributed by atoms with Crippen molar-refractivity contribution >= 4 is 0 Å². The standard InChI is InChI=1S/C20H20N2/c1-3-7-17(8-4-1)13-19(14-18-9-5-2-6-10-18)15-20-16-21-11-12-22-20/h1-12,16,19H,13-15H2. The Balaban J connectivity index is 1.75. The van der Waals surface area contributed by atoms with Crippen LogP contribution in [0.15, 0.2) is 79.3 Å². The van der Waals surface area contributed by atoms with Gasteiger partial charge < -0.3 is 0 Å². The van der Waals surface area contributed by atoms with Crippen molar-refractivity contribution in [2.24, 2.45) is 5.92 Å². The molecule has 110 valence electrons. The largest absolute Gasteiger partial charge is 0.261 e. The van der Waals surface area contributed by atoms with Gasteiger partial charge in [0.2, 0.25) is 0 Å². The summed E-state index contributed by atoms with van der Waals surface area (Å²) in [6.07, 6.45) is 8.46. The van der Waals surface area contributed by atoms with E-state index in [1.165, 1.54) is 11.1 Å². The number of hydrogen-bond acceptors (Lipinski definition) is 2. The highest BCUT2D eigenvalue weighted by molar-refractivity contribution is 5.19. The second kappa shape index (κ2) is 7.51. The Kier molecular flexibility index (Phi) is 4.93. The minimum absolute atomic E-state index is 0.529. The maximum atomic E-state index is 4.44. The van der Waals surface area contributed by atoms with Gasteiger partial charge in [-0.15, -0.1) is 0 Å². The van der Waals surface area contributed by atoms with Crippen LogP contribution in [-0.4, -0.2) is 9.97 Å². The average molecular weight is 288 g/mol. The van der Waals surface area contributed by atoms with Crippen LogP contribution >= 0.6 is 0 Å². The second-order valence-electron chi connectivity index (χ2n) is 5.65. The Morgan fingerprint density at radius 3 is 1.77 bits per heavy atom. The molecule has 0 bridgehead atoms. The van der Waals surface area contributed by atoms with Crippen LogP contribution in [-0.2, 0) is 19.3 Å². The van der Waals surface area contributed by atoms with Gasteiger partial charge in [0.05, 0.1) is 5.69 Å². The van der Waals surface area contributed by atoms with E-state index in [0.717, 1.165) is 25.0 Å². The maximum Gasteiger partial charge on any atom is 0.0589 e. The first-order valence-electron chi connectivity index (χ1n) is 7.73. The van der Waals surface area contributed by atoms with Crippen molar-refractivity contribution in [1.82, 2.24) is 9.97 Å². The van der Waals surface area contributed by atoms with Crippen LogP contribution < -0.4 is 0 Å². The summed E-state index contributed by atoms with van der Waals surface area (Å²) in [6.45, 7) is 0. The number of benzene rings is 2. The molecule has 22 heavy (non-hydrogen) atoms. The molecule has 2 heteroatoms. The first-order valence-corrected chi connectivity index (χ1v) is 7.73. The summed E-state index contributed by atoms with van der Waals surface area (Å²) < 4.78 is 0. The van der Waals surface area contributed by atoms with Crippen LogP contribution in [0, 0.1) is 5.92 Å². The number of aromatic nitrogens is 2. The van der Waals surface area contributed by atoms with Crippen molar-refractivity contribution in [3.63, 3.8) is 0 Å². The van der Waals surface area contributed by atoms with Crippen LogP contribution in [0.5, 0.6) is 0 Å². The fourth-order valence-corrected chi connectivity index (χ4v) is 2.84. The molecule has 1 aromatic heterocycles. The van der Waals surface area contributed by atoms with Gasteiger partial charge in [0.25, 0.3) is 0 Å². The topological polar surface area (TPSA) is 25.8 Å². The van der Waals surface area contributed by atoms with Gasteiger partial charge in [-0.1, -0.05) is 60.7 Å². The molecule has 0 saturated heterocycles. The molecule has 1 heterocycles. The predicted molar refractivity (Wildman–Crippen MR) is 89.5 cm³/mol. The number of nitrogens with zero attached hydrogens (tertiary/aromatic N) is 2. The molecule has 2 nitrogen and oxygen atoms in total. The lowest BCUT2D eigenvalue weighted by atomic mass is 9.89. The maximum absolute atomic E-state index is 4.44. The zero-order valence-corrected chi connectivity index (χ0v) is 12.6. The molecule has 0 unspecified atom stereocenters. The molecule has 0 amide bonds. The summed E-state index contributed by atoms with van der Waals surface area (Å²) in [5.74, 6) is 0.529. The first kappa shape index (κ1) is 14.5. The normalized spacial score (nSPS) is 10.8. The third-order valence-electron chi connectivity index (χ3n) is 3.85. The van der Waals surface area contributed by atoms with Gasteiger partial charge in [-0.2, -0.15) is 0 Å². The molecule has 0 radical (unpaired) electrons. The van der Waals surface area contributed by atoms with Crippen molar-refractivity contribution in [2.45, 2.75) is 19.3 Å². The van der Waals surface area contributed by atoms with E-state index in [1.54, 1.807) is 12.4 Å². The molecule has 0 fully saturated rings. The van der Waals surface area contributed by atoms with Crippen molar-refractivity contribution < 1.29 is 0 Å². The molecule has 3 aromatic rings. The predicted octanol–water partition coefficient (Wildman–Crippen LogP) is 4.12. The van der Waals surface area contributed by atoms with E-state index in [2.05, 4.69) is 70.6 Å². The van der Waals surface area contributed by atoms with Crippen molar-refractivity contribution in [2.75, 3.05) is 0 Å². The molecular formula is C20H20N2. The van der Waals surface area contributed by atoms with Crippen molar-refractivity contribution in [1.29, 1.82) is 0 Å². The van der Waals surface area contributed by atoms with Crippen LogP contribution in [0.1, 0.15) is 16.8 Å². The zero-order chi connectivity index (χ0) is 15.0. The lowest BCUT2D eigenvalue weighted by Gasteiger charge is -2.17. The minimum Gasteiger partial charge on any atom is -0.261 e. The fourth-order valence-electron chi connectivity index (χ4n) is 2.84. The van der Waals surface area contributed by atoms with Gasteiger partial charge in [-0.3, -0.25) is 9.97 Å². The molecule has 3 rings (SSSR count). The molecule has 0 aliphatic carbocycles. The fraction of sp³-hybridized carbons (Fsp3) is 0.200. The van der Waals surface area contributed by atoms with Crippen molar-refractivity contribution in [3.8, 4) is 0 Å². The van der Waals surface area contributed by atoms with Gasteiger partial charge in [-0.05, 0) is 36.3 Å². The van der Waals surface area contributed by atoms with E-state index in [1.807, 2.05) is 6.20 Å². The Morgan fingerprint density at radius 1 is 0.682 bits per heavy atom. The van der Waals surface area contributed by atoms with Gasteiger partial charge in [-0.25, -0.2) is 0 Å². The van der Waals surface area contributed by atoms with Crippen LogP contribution in [0.3, 0.4) is 0 Å². The van der Waals surface area contributed by atoms with Gasteiger partial charge >= 0.3 is 0 Å². The Labute approximate surface area is 131 Å². The van der Waals surface area contributed by atoms with E-state index in [4.69, 9.17) is 0 Å². The zero-order valence-electron chi connectivity index (χ0n) is 12.6. The SMILES string of the molecule is c1ccc(CC(Cc2ccccc2)Cc2cnccn2)cc1. The van der Waals surface area contributed by atoms with E-state index < -0.39 is 0 Å². The van der Waals surface area contributed by atoms with Gasteiger partial charge in [0.1, 0.15) is 0 Å². The molecule has 0 N–H and O–H groups in total. The number of hydrogen-bond donors (Lipinski definition) is 0. The summed E-state index contributed by atoms with van der Waals surface area (Å²) >= 11 is 0. The highest BCUT2D eigenvalue weighted by atomic mass is 14.8. The average Bonchev–Trinajstić information content (AvgIpc) is 2.57. The Hall–Kier alpha value is -2.48. The van der Waals surface area contributed by atoms with Crippen molar-refractivity contribution in [3.05, 3.63) is 96.1 Å². The molecule has 0 spiro atoms. The summed E-state index contributed by atoms with van der Waals surface area (Å²) in [6, 6.07) is 21.4. The molecule has 2 aromatic carbocycles. The monoisotopic (exact) mass is 288 g/mol. The molecule has 0 aliphatic rings. The highest BCUT2D eigenvalue weighted by Gasteiger charge is 2.12. The first-order chi connectivity index (χ1) is 10.9. The van der Waals surface area contributed by atoms with E-state index >= 15 is 0 Å². The third kappa shape index (κ3) is 4.26. The van der Waals surface area contributed by atoms with E-state index in [-0.39, 0.29) is 0 Å². The van der Waals surface area contributed by atoms with Crippen LogP contribution in [0.2, 0.25) is 0 Å². The summed E-state index contributed by atoms with van der Waals surface area (Å²) in [7, 11) is 0. The van der Waals surface area contributed by atoms with E-state index in [0.29, 0.717) is 5.92 Å². The van der Waals surface area contributed by atoms with Gasteiger partial charge in [0.15, 0.2) is 0 Å². The molecule has 0 aliphatic heterocycles. The Morgan fingerprint density at radius 2 is 1.27 bits per heavy atom. The van der Waals surface area contributed by atoms with Gasteiger partial charge in [0, 0.05) is 18.6 Å². The highest BCUT2D eigenvalue weighted by Crippen LogP contribution is 2.18.